The number of benzene rings is 1. The van der Waals surface area contributed by atoms with E-state index in [1.807, 2.05) is 0 Å². The summed E-state index contributed by atoms with van der Waals surface area (Å²) in [6.45, 7) is 1.67. The lowest BCUT2D eigenvalue weighted by Gasteiger charge is -2.15. The molecule has 0 aliphatic carbocycles. The van der Waals surface area contributed by atoms with Crippen molar-refractivity contribution in [3.05, 3.63) is 22.5 Å². The van der Waals surface area contributed by atoms with Crippen molar-refractivity contribution >= 4 is 17.9 Å². The summed E-state index contributed by atoms with van der Waals surface area (Å²) in [7, 11) is 1.32. The summed E-state index contributed by atoms with van der Waals surface area (Å²) in [5.41, 5.74) is 0.200. The molecular weight excluding hydrogens is 235 g/mol. The van der Waals surface area contributed by atoms with Crippen molar-refractivity contribution in [2.24, 2.45) is 0 Å². The van der Waals surface area contributed by atoms with Crippen LogP contribution in [0.1, 0.15) is 24.8 Å². The average molecular weight is 247 g/mol. The lowest BCUT2D eigenvalue weighted by Crippen LogP contribution is -2.00. The first-order valence-electron chi connectivity index (χ1n) is 4.71. The van der Waals surface area contributed by atoms with Gasteiger partial charge in [-0.05, 0) is 5.92 Å². The number of phenolic OH excluding ortho intramolecular Hbond substituents is 1. The van der Waals surface area contributed by atoms with E-state index in [0.29, 0.717) is 6.29 Å². The van der Waals surface area contributed by atoms with E-state index in [9.17, 15) is 14.3 Å². The lowest BCUT2D eigenvalue weighted by molar-refractivity contribution is -0.108. The van der Waals surface area contributed by atoms with E-state index in [4.69, 9.17) is 16.3 Å². The summed E-state index contributed by atoms with van der Waals surface area (Å²) in [6, 6.07) is 1.01. The van der Waals surface area contributed by atoms with E-state index in [1.54, 1.807) is 6.92 Å². The van der Waals surface area contributed by atoms with Gasteiger partial charge in [0.1, 0.15) is 12.1 Å². The molecule has 1 atom stereocenters. The predicted molar refractivity (Wildman–Crippen MR) is 58.7 cm³/mol. The average Bonchev–Trinajstić information content (AvgIpc) is 2.24. The Kier molecular flexibility index (Phi) is 4.12. The zero-order valence-electron chi connectivity index (χ0n) is 8.96. The largest absolute Gasteiger partial charge is 0.504 e. The maximum absolute atomic E-state index is 13.4. The summed E-state index contributed by atoms with van der Waals surface area (Å²) in [6.07, 6.45) is 0.845. The van der Waals surface area contributed by atoms with Crippen molar-refractivity contribution in [2.45, 2.75) is 19.3 Å². The molecular formula is C11H12ClFO3. The van der Waals surface area contributed by atoms with Gasteiger partial charge in [-0.3, -0.25) is 0 Å². The number of hydrogen-bond donors (Lipinski definition) is 1. The fraction of sp³-hybridized carbons (Fsp3) is 0.364. The third-order valence-corrected chi connectivity index (χ3v) is 2.74. The molecule has 0 bridgehead atoms. The predicted octanol–water partition coefficient (Wildman–Crippen LogP) is 2.89. The molecule has 0 amide bonds. The van der Waals surface area contributed by atoms with Crippen LogP contribution in [-0.2, 0) is 4.79 Å². The third kappa shape index (κ3) is 2.27. The Hall–Kier alpha value is -1.29. The standard InChI is InChI=1S/C11H12ClFO3/c1-6(3-4-14)9-10(12)7(13)5-8(16-2)11(9)15/h4-6,15H,3H2,1-2H3. The van der Waals surface area contributed by atoms with Crippen LogP contribution in [0.3, 0.4) is 0 Å². The Morgan fingerprint density at radius 3 is 2.81 bits per heavy atom. The zero-order chi connectivity index (χ0) is 12.3. The number of rotatable bonds is 4. The maximum atomic E-state index is 13.4. The maximum Gasteiger partial charge on any atom is 0.163 e. The van der Waals surface area contributed by atoms with Gasteiger partial charge in [0.05, 0.1) is 12.1 Å². The van der Waals surface area contributed by atoms with E-state index < -0.39 is 5.82 Å². The summed E-state index contributed by atoms with van der Waals surface area (Å²) in [5, 5.41) is 9.63. The number of carbonyl (C=O) groups excluding carboxylic acids is 1. The summed E-state index contributed by atoms with van der Waals surface area (Å²) >= 11 is 5.75. The molecule has 16 heavy (non-hydrogen) atoms. The molecule has 1 unspecified atom stereocenters. The van der Waals surface area contributed by atoms with Crippen LogP contribution in [0.4, 0.5) is 4.39 Å². The topological polar surface area (TPSA) is 46.5 Å². The Morgan fingerprint density at radius 1 is 1.69 bits per heavy atom. The van der Waals surface area contributed by atoms with Crippen LogP contribution in [0.25, 0.3) is 0 Å². The number of aldehydes is 1. The van der Waals surface area contributed by atoms with Crippen molar-refractivity contribution in [1.29, 1.82) is 0 Å². The molecule has 0 aliphatic heterocycles. The minimum absolute atomic E-state index is 0.00893. The van der Waals surface area contributed by atoms with Crippen molar-refractivity contribution in [1.82, 2.24) is 0 Å². The Labute approximate surface area is 97.8 Å². The van der Waals surface area contributed by atoms with Crippen molar-refractivity contribution in [2.75, 3.05) is 7.11 Å². The van der Waals surface area contributed by atoms with Gasteiger partial charge in [0.25, 0.3) is 0 Å². The van der Waals surface area contributed by atoms with Crippen LogP contribution in [0.2, 0.25) is 5.02 Å². The number of phenols is 1. The van der Waals surface area contributed by atoms with Crippen LogP contribution < -0.4 is 4.74 Å². The molecule has 1 rings (SSSR count). The second kappa shape index (κ2) is 5.16. The van der Waals surface area contributed by atoms with Crippen LogP contribution in [-0.4, -0.2) is 18.5 Å². The van der Waals surface area contributed by atoms with E-state index in [1.165, 1.54) is 7.11 Å². The second-order valence-corrected chi connectivity index (χ2v) is 3.82. The van der Waals surface area contributed by atoms with Crippen LogP contribution in [0.5, 0.6) is 11.5 Å². The smallest absolute Gasteiger partial charge is 0.163 e. The second-order valence-electron chi connectivity index (χ2n) is 3.44. The minimum Gasteiger partial charge on any atom is -0.504 e. The lowest BCUT2D eigenvalue weighted by atomic mass is 9.96. The molecule has 0 spiro atoms. The molecule has 0 heterocycles. The normalized spacial score (nSPS) is 12.2. The van der Waals surface area contributed by atoms with Crippen LogP contribution >= 0.6 is 11.6 Å². The van der Waals surface area contributed by atoms with Gasteiger partial charge >= 0.3 is 0 Å². The minimum atomic E-state index is -0.677. The van der Waals surface area contributed by atoms with Crippen LogP contribution in [0, 0.1) is 5.82 Å². The number of methoxy groups -OCH3 is 1. The van der Waals surface area contributed by atoms with Gasteiger partial charge in [-0.1, -0.05) is 18.5 Å². The first kappa shape index (κ1) is 12.8. The molecule has 88 valence electrons. The molecule has 3 nitrogen and oxygen atoms in total. The van der Waals surface area contributed by atoms with Crippen molar-refractivity contribution in [3.63, 3.8) is 0 Å². The Morgan fingerprint density at radius 2 is 2.31 bits per heavy atom. The molecule has 0 saturated heterocycles. The van der Waals surface area contributed by atoms with E-state index in [0.717, 1.165) is 6.07 Å². The molecule has 0 aromatic heterocycles. The van der Waals surface area contributed by atoms with Crippen molar-refractivity contribution in [3.8, 4) is 11.5 Å². The molecule has 0 aliphatic rings. The van der Waals surface area contributed by atoms with E-state index in [-0.39, 0.29) is 34.4 Å². The van der Waals surface area contributed by atoms with E-state index in [2.05, 4.69) is 0 Å². The third-order valence-electron chi connectivity index (χ3n) is 2.35. The highest BCUT2D eigenvalue weighted by Gasteiger charge is 2.21. The van der Waals surface area contributed by atoms with Gasteiger partial charge in [0, 0.05) is 18.1 Å². The number of hydrogen-bond acceptors (Lipinski definition) is 3. The molecule has 1 aromatic rings. The fourth-order valence-corrected chi connectivity index (χ4v) is 1.81. The summed E-state index contributed by atoms with van der Waals surface area (Å²) in [4.78, 5) is 10.4. The molecule has 0 saturated carbocycles. The monoisotopic (exact) mass is 246 g/mol. The molecule has 1 aromatic carbocycles. The van der Waals surface area contributed by atoms with Gasteiger partial charge in [0.15, 0.2) is 11.5 Å². The number of aromatic hydroxyl groups is 1. The fourth-order valence-electron chi connectivity index (χ4n) is 1.48. The highest BCUT2D eigenvalue weighted by Crippen LogP contribution is 2.41. The first-order valence-corrected chi connectivity index (χ1v) is 5.09. The molecule has 0 fully saturated rings. The van der Waals surface area contributed by atoms with Gasteiger partial charge < -0.3 is 14.6 Å². The van der Waals surface area contributed by atoms with Crippen molar-refractivity contribution < 1.29 is 19.0 Å². The highest BCUT2D eigenvalue weighted by molar-refractivity contribution is 6.31. The van der Waals surface area contributed by atoms with Gasteiger partial charge in [0.2, 0.25) is 0 Å². The number of halogens is 2. The number of carbonyl (C=O) groups is 1. The highest BCUT2D eigenvalue weighted by atomic mass is 35.5. The Balaban J connectivity index is 3.34. The van der Waals surface area contributed by atoms with E-state index >= 15 is 0 Å². The molecule has 1 N–H and O–H groups in total. The zero-order valence-corrected chi connectivity index (χ0v) is 9.71. The summed E-state index contributed by atoms with van der Waals surface area (Å²) < 4.78 is 18.2. The Bertz CT molecular complexity index is 407. The molecule has 5 heteroatoms. The first-order chi connectivity index (χ1) is 7.52. The van der Waals surface area contributed by atoms with Gasteiger partial charge in [-0.2, -0.15) is 0 Å². The SMILES string of the molecule is COc1cc(F)c(Cl)c(C(C)CC=O)c1O. The molecule has 0 radical (unpaired) electrons. The quantitative estimate of drug-likeness (QED) is 0.831. The summed E-state index contributed by atoms with van der Waals surface area (Å²) in [5.74, 6) is -1.25. The van der Waals surface area contributed by atoms with Crippen LogP contribution in [0.15, 0.2) is 6.07 Å². The number of ether oxygens (including phenoxy) is 1. The van der Waals surface area contributed by atoms with Gasteiger partial charge in [-0.25, -0.2) is 4.39 Å². The van der Waals surface area contributed by atoms with Gasteiger partial charge in [-0.15, -0.1) is 0 Å².